The van der Waals surface area contributed by atoms with E-state index in [9.17, 15) is 9.50 Å². The van der Waals surface area contributed by atoms with Crippen molar-refractivity contribution < 1.29 is 9.50 Å². The summed E-state index contributed by atoms with van der Waals surface area (Å²) in [6.45, 7) is 2.55. The SMILES string of the molecule is Cc1ccc(CN=Cc2c(O)[nH]c3ccc(F)cc23)cc1. The van der Waals surface area contributed by atoms with Gasteiger partial charge in [0.1, 0.15) is 5.82 Å². The lowest BCUT2D eigenvalue weighted by Crippen LogP contribution is -1.85. The molecule has 0 unspecified atom stereocenters. The Morgan fingerprint density at radius 2 is 1.95 bits per heavy atom. The standard InChI is InChI=1S/C17H15FN2O/c1-11-2-4-12(5-3-11)9-19-10-15-14-8-13(18)6-7-16(14)20-17(15)21/h2-8,10,20-21H,9H2,1H3. The maximum atomic E-state index is 13.3. The fourth-order valence-corrected chi connectivity index (χ4v) is 2.24. The Morgan fingerprint density at radius 1 is 1.19 bits per heavy atom. The van der Waals surface area contributed by atoms with Crippen LogP contribution in [-0.2, 0) is 6.54 Å². The molecule has 0 saturated carbocycles. The molecule has 0 aliphatic rings. The number of benzene rings is 2. The van der Waals surface area contributed by atoms with E-state index in [4.69, 9.17) is 0 Å². The summed E-state index contributed by atoms with van der Waals surface area (Å²) >= 11 is 0. The maximum absolute atomic E-state index is 13.3. The molecule has 0 amide bonds. The van der Waals surface area contributed by atoms with Crippen molar-refractivity contribution in [3.63, 3.8) is 0 Å². The van der Waals surface area contributed by atoms with Crippen molar-refractivity contribution in [2.75, 3.05) is 0 Å². The summed E-state index contributed by atoms with van der Waals surface area (Å²) in [6.07, 6.45) is 1.58. The Kier molecular flexibility index (Phi) is 3.44. The molecule has 0 saturated heterocycles. The first-order chi connectivity index (χ1) is 10.1. The van der Waals surface area contributed by atoms with Crippen LogP contribution in [0.15, 0.2) is 47.5 Å². The zero-order valence-electron chi connectivity index (χ0n) is 11.6. The molecule has 2 N–H and O–H groups in total. The van der Waals surface area contributed by atoms with Gasteiger partial charge in [-0.3, -0.25) is 4.99 Å². The van der Waals surface area contributed by atoms with Gasteiger partial charge in [-0.05, 0) is 30.7 Å². The van der Waals surface area contributed by atoms with Gasteiger partial charge in [0.2, 0.25) is 0 Å². The summed E-state index contributed by atoms with van der Waals surface area (Å²) in [6, 6.07) is 12.4. The van der Waals surface area contributed by atoms with E-state index >= 15 is 0 Å². The average Bonchev–Trinajstić information content (AvgIpc) is 2.77. The molecule has 0 aliphatic heterocycles. The van der Waals surface area contributed by atoms with Crippen molar-refractivity contribution in [3.8, 4) is 5.88 Å². The highest BCUT2D eigenvalue weighted by Crippen LogP contribution is 2.26. The minimum Gasteiger partial charge on any atom is -0.494 e. The fourth-order valence-electron chi connectivity index (χ4n) is 2.24. The first-order valence-corrected chi connectivity index (χ1v) is 6.69. The highest BCUT2D eigenvalue weighted by atomic mass is 19.1. The molecule has 0 atom stereocenters. The largest absolute Gasteiger partial charge is 0.494 e. The molecule has 0 bridgehead atoms. The van der Waals surface area contributed by atoms with E-state index in [1.165, 1.54) is 17.7 Å². The molecule has 1 heterocycles. The molecule has 21 heavy (non-hydrogen) atoms. The number of fused-ring (bicyclic) bond motifs is 1. The second kappa shape index (κ2) is 5.40. The fraction of sp³-hybridized carbons (Fsp3) is 0.118. The van der Waals surface area contributed by atoms with Gasteiger partial charge in [0, 0.05) is 17.1 Å². The number of hydrogen-bond donors (Lipinski definition) is 2. The van der Waals surface area contributed by atoms with Gasteiger partial charge in [0.25, 0.3) is 0 Å². The number of aromatic nitrogens is 1. The third kappa shape index (κ3) is 2.79. The predicted molar refractivity (Wildman–Crippen MR) is 82.4 cm³/mol. The molecule has 106 valence electrons. The monoisotopic (exact) mass is 282 g/mol. The van der Waals surface area contributed by atoms with Crippen molar-refractivity contribution >= 4 is 17.1 Å². The quantitative estimate of drug-likeness (QED) is 0.702. The number of nitrogens with one attached hydrogen (secondary N) is 1. The Labute approximate surface area is 121 Å². The molecule has 4 heteroatoms. The summed E-state index contributed by atoms with van der Waals surface area (Å²) in [7, 11) is 0. The molecule has 2 aromatic carbocycles. The number of halogens is 1. The molecular weight excluding hydrogens is 267 g/mol. The summed E-state index contributed by atoms with van der Waals surface area (Å²) < 4.78 is 13.3. The molecule has 1 aromatic heterocycles. The topological polar surface area (TPSA) is 48.4 Å². The van der Waals surface area contributed by atoms with Crippen LogP contribution in [0.25, 0.3) is 10.9 Å². The van der Waals surface area contributed by atoms with Gasteiger partial charge >= 0.3 is 0 Å². The highest BCUT2D eigenvalue weighted by molar-refractivity contribution is 6.01. The lowest BCUT2D eigenvalue weighted by molar-refractivity contribution is 0.457. The molecule has 0 fully saturated rings. The Hall–Kier alpha value is -2.62. The van der Waals surface area contributed by atoms with E-state index < -0.39 is 0 Å². The molecule has 3 nitrogen and oxygen atoms in total. The normalized spacial score (nSPS) is 11.5. The number of aliphatic imine (C=N–C) groups is 1. The lowest BCUT2D eigenvalue weighted by atomic mass is 10.1. The van der Waals surface area contributed by atoms with Crippen LogP contribution in [0.3, 0.4) is 0 Å². The van der Waals surface area contributed by atoms with Crippen LogP contribution < -0.4 is 0 Å². The van der Waals surface area contributed by atoms with E-state index in [0.717, 1.165) is 5.56 Å². The van der Waals surface area contributed by atoms with Crippen LogP contribution in [0.5, 0.6) is 5.88 Å². The number of aryl methyl sites for hydroxylation is 1. The zero-order valence-corrected chi connectivity index (χ0v) is 11.6. The minimum absolute atomic E-state index is 0.00301. The van der Waals surface area contributed by atoms with Crippen LogP contribution in [0.2, 0.25) is 0 Å². The van der Waals surface area contributed by atoms with Gasteiger partial charge in [-0.25, -0.2) is 4.39 Å². The summed E-state index contributed by atoms with van der Waals surface area (Å²) in [5.41, 5.74) is 3.48. The van der Waals surface area contributed by atoms with Gasteiger partial charge in [-0.15, -0.1) is 0 Å². The van der Waals surface area contributed by atoms with E-state index in [1.54, 1.807) is 12.3 Å². The van der Waals surface area contributed by atoms with Gasteiger partial charge < -0.3 is 10.1 Å². The minimum atomic E-state index is -0.338. The lowest BCUT2D eigenvalue weighted by Gasteiger charge is -1.97. The van der Waals surface area contributed by atoms with Crippen LogP contribution in [0.4, 0.5) is 4.39 Å². The summed E-state index contributed by atoms with van der Waals surface area (Å²) in [5.74, 6) is -0.335. The van der Waals surface area contributed by atoms with Crippen molar-refractivity contribution in [1.29, 1.82) is 0 Å². The number of rotatable bonds is 3. The first kappa shape index (κ1) is 13.4. The van der Waals surface area contributed by atoms with Crippen LogP contribution in [0.1, 0.15) is 16.7 Å². The second-order valence-corrected chi connectivity index (χ2v) is 5.03. The van der Waals surface area contributed by atoms with E-state index in [-0.39, 0.29) is 11.7 Å². The predicted octanol–water partition coefficient (Wildman–Crippen LogP) is 3.94. The van der Waals surface area contributed by atoms with Crippen LogP contribution in [-0.4, -0.2) is 16.3 Å². The summed E-state index contributed by atoms with van der Waals surface area (Å²) in [4.78, 5) is 7.13. The van der Waals surface area contributed by atoms with Crippen LogP contribution >= 0.6 is 0 Å². The molecular formula is C17H15FN2O. The van der Waals surface area contributed by atoms with E-state index in [2.05, 4.69) is 9.98 Å². The molecule has 0 radical (unpaired) electrons. The number of aromatic hydroxyl groups is 1. The van der Waals surface area contributed by atoms with Gasteiger partial charge in [-0.1, -0.05) is 29.8 Å². The average molecular weight is 282 g/mol. The number of H-pyrrole nitrogens is 1. The maximum Gasteiger partial charge on any atom is 0.198 e. The van der Waals surface area contributed by atoms with Gasteiger partial charge in [0.15, 0.2) is 5.88 Å². The molecule has 0 spiro atoms. The third-order valence-corrected chi connectivity index (χ3v) is 3.39. The highest BCUT2D eigenvalue weighted by Gasteiger charge is 2.09. The Bertz CT molecular complexity index is 804. The number of aromatic amines is 1. The molecule has 3 aromatic rings. The van der Waals surface area contributed by atoms with Crippen molar-refractivity contribution in [2.45, 2.75) is 13.5 Å². The van der Waals surface area contributed by atoms with Crippen molar-refractivity contribution in [1.82, 2.24) is 4.98 Å². The summed E-state index contributed by atoms with van der Waals surface area (Å²) in [5, 5.41) is 10.5. The number of hydrogen-bond acceptors (Lipinski definition) is 2. The number of nitrogens with zero attached hydrogens (tertiary/aromatic N) is 1. The van der Waals surface area contributed by atoms with Gasteiger partial charge in [0.05, 0.1) is 12.1 Å². The van der Waals surface area contributed by atoms with E-state index in [0.29, 0.717) is 23.0 Å². The first-order valence-electron chi connectivity index (χ1n) is 6.69. The Morgan fingerprint density at radius 3 is 2.71 bits per heavy atom. The molecule has 3 rings (SSSR count). The van der Waals surface area contributed by atoms with Crippen LogP contribution in [0, 0.1) is 12.7 Å². The Balaban J connectivity index is 1.87. The van der Waals surface area contributed by atoms with Gasteiger partial charge in [-0.2, -0.15) is 0 Å². The zero-order chi connectivity index (χ0) is 14.8. The second-order valence-electron chi connectivity index (χ2n) is 5.03. The smallest absolute Gasteiger partial charge is 0.198 e. The molecule has 0 aliphatic carbocycles. The van der Waals surface area contributed by atoms with Crippen molar-refractivity contribution in [3.05, 3.63) is 65.0 Å². The third-order valence-electron chi connectivity index (χ3n) is 3.39. The van der Waals surface area contributed by atoms with Crippen molar-refractivity contribution in [2.24, 2.45) is 4.99 Å². The van der Waals surface area contributed by atoms with E-state index in [1.807, 2.05) is 31.2 Å².